The SMILES string of the molecule is CCC(C)NCc1nc2cc(OC)ccc2n1C1CC1. The molecule has 0 aliphatic heterocycles. The Hall–Kier alpha value is -1.55. The molecule has 1 atom stereocenters. The van der Waals surface area contributed by atoms with E-state index in [1.807, 2.05) is 12.1 Å². The van der Waals surface area contributed by atoms with Gasteiger partial charge in [-0.3, -0.25) is 0 Å². The lowest BCUT2D eigenvalue weighted by molar-refractivity contribution is 0.415. The fourth-order valence-corrected chi connectivity index (χ4v) is 2.53. The van der Waals surface area contributed by atoms with E-state index in [0.717, 1.165) is 30.1 Å². The highest BCUT2D eigenvalue weighted by Gasteiger charge is 2.28. The van der Waals surface area contributed by atoms with Crippen molar-refractivity contribution in [3.05, 3.63) is 24.0 Å². The number of nitrogens with zero attached hydrogens (tertiary/aromatic N) is 2. The molecular weight excluding hydrogens is 250 g/mol. The summed E-state index contributed by atoms with van der Waals surface area (Å²) in [6.07, 6.45) is 3.68. The first-order chi connectivity index (χ1) is 9.72. The Morgan fingerprint density at radius 2 is 2.25 bits per heavy atom. The monoisotopic (exact) mass is 273 g/mol. The molecule has 1 aliphatic rings. The second-order valence-electron chi connectivity index (χ2n) is 5.67. The maximum absolute atomic E-state index is 5.30. The number of hydrogen-bond acceptors (Lipinski definition) is 3. The molecule has 1 saturated carbocycles. The van der Waals surface area contributed by atoms with Crippen molar-refractivity contribution in [3.8, 4) is 5.75 Å². The molecule has 108 valence electrons. The van der Waals surface area contributed by atoms with Crippen LogP contribution >= 0.6 is 0 Å². The molecule has 1 aromatic carbocycles. The van der Waals surface area contributed by atoms with E-state index in [-0.39, 0.29) is 0 Å². The lowest BCUT2D eigenvalue weighted by atomic mass is 10.2. The molecule has 4 heteroatoms. The normalized spacial score (nSPS) is 16.6. The number of benzene rings is 1. The second-order valence-corrected chi connectivity index (χ2v) is 5.67. The molecule has 2 aromatic rings. The van der Waals surface area contributed by atoms with Gasteiger partial charge in [-0.2, -0.15) is 0 Å². The number of fused-ring (bicyclic) bond motifs is 1. The average molecular weight is 273 g/mol. The van der Waals surface area contributed by atoms with Crippen molar-refractivity contribution in [2.75, 3.05) is 7.11 Å². The minimum absolute atomic E-state index is 0.525. The molecule has 1 N–H and O–H groups in total. The topological polar surface area (TPSA) is 39.1 Å². The van der Waals surface area contributed by atoms with Gasteiger partial charge in [0.15, 0.2) is 0 Å². The van der Waals surface area contributed by atoms with Crippen LogP contribution in [0.25, 0.3) is 11.0 Å². The largest absolute Gasteiger partial charge is 0.497 e. The standard InChI is InChI=1S/C16H23N3O/c1-4-11(2)17-10-16-18-14-9-13(20-3)7-8-15(14)19(16)12-5-6-12/h7-9,11-12,17H,4-6,10H2,1-3H3. The van der Waals surface area contributed by atoms with Crippen LogP contribution in [0.15, 0.2) is 18.2 Å². The molecule has 0 radical (unpaired) electrons. The fourth-order valence-electron chi connectivity index (χ4n) is 2.53. The summed E-state index contributed by atoms with van der Waals surface area (Å²) < 4.78 is 7.71. The van der Waals surface area contributed by atoms with E-state index in [1.54, 1.807) is 7.11 Å². The van der Waals surface area contributed by atoms with Gasteiger partial charge in [0.05, 0.1) is 24.7 Å². The molecule has 0 amide bonds. The first-order valence-electron chi connectivity index (χ1n) is 7.51. The smallest absolute Gasteiger partial charge is 0.124 e. The summed E-state index contributed by atoms with van der Waals surface area (Å²) in [4.78, 5) is 4.81. The van der Waals surface area contributed by atoms with Crippen molar-refractivity contribution in [1.82, 2.24) is 14.9 Å². The molecule has 0 bridgehead atoms. The van der Waals surface area contributed by atoms with Crippen LogP contribution in [-0.2, 0) is 6.54 Å². The van der Waals surface area contributed by atoms with E-state index in [0.29, 0.717) is 12.1 Å². The van der Waals surface area contributed by atoms with E-state index in [1.165, 1.54) is 18.4 Å². The van der Waals surface area contributed by atoms with E-state index < -0.39 is 0 Å². The van der Waals surface area contributed by atoms with Crippen molar-refractivity contribution >= 4 is 11.0 Å². The minimum Gasteiger partial charge on any atom is -0.497 e. The van der Waals surface area contributed by atoms with Gasteiger partial charge in [0.25, 0.3) is 0 Å². The van der Waals surface area contributed by atoms with Crippen LogP contribution in [0.1, 0.15) is 45.0 Å². The number of ether oxygens (including phenoxy) is 1. The zero-order valence-corrected chi connectivity index (χ0v) is 12.5. The van der Waals surface area contributed by atoms with Crippen LogP contribution < -0.4 is 10.1 Å². The van der Waals surface area contributed by atoms with Crippen LogP contribution in [0.5, 0.6) is 5.75 Å². The van der Waals surface area contributed by atoms with Gasteiger partial charge in [0.2, 0.25) is 0 Å². The highest BCUT2D eigenvalue weighted by atomic mass is 16.5. The van der Waals surface area contributed by atoms with Gasteiger partial charge in [0.1, 0.15) is 11.6 Å². The van der Waals surface area contributed by atoms with Gasteiger partial charge in [-0.05, 0) is 38.3 Å². The second kappa shape index (κ2) is 5.44. The zero-order valence-electron chi connectivity index (χ0n) is 12.5. The summed E-state index contributed by atoms with van der Waals surface area (Å²) in [6, 6.07) is 7.35. The Morgan fingerprint density at radius 1 is 1.45 bits per heavy atom. The van der Waals surface area contributed by atoms with Crippen LogP contribution in [0.4, 0.5) is 0 Å². The molecule has 0 saturated heterocycles. The molecule has 3 rings (SSSR count). The summed E-state index contributed by atoms with van der Waals surface area (Å²) in [7, 11) is 1.70. The van der Waals surface area contributed by atoms with Crippen LogP contribution in [0, 0.1) is 0 Å². The molecule has 4 nitrogen and oxygen atoms in total. The number of nitrogens with one attached hydrogen (secondary N) is 1. The van der Waals surface area contributed by atoms with Gasteiger partial charge in [-0.1, -0.05) is 6.92 Å². The summed E-state index contributed by atoms with van der Waals surface area (Å²) in [6.45, 7) is 5.25. The Balaban J connectivity index is 1.95. The predicted octanol–water partition coefficient (Wildman–Crippen LogP) is 3.27. The summed E-state index contributed by atoms with van der Waals surface area (Å²) in [5.41, 5.74) is 2.27. The number of hydrogen-bond donors (Lipinski definition) is 1. The van der Waals surface area contributed by atoms with Crippen molar-refractivity contribution < 1.29 is 4.74 Å². The van der Waals surface area contributed by atoms with Gasteiger partial charge in [0, 0.05) is 18.2 Å². The maximum Gasteiger partial charge on any atom is 0.124 e. The lowest BCUT2D eigenvalue weighted by Crippen LogP contribution is -2.26. The molecule has 1 fully saturated rings. The van der Waals surface area contributed by atoms with Crippen molar-refractivity contribution in [2.45, 2.75) is 51.7 Å². The van der Waals surface area contributed by atoms with Gasteiger partial charge < -0.3 is 14.6 Å². The fraction of sp³-hybridized carbons (Fsp3) is 0.562. The Morgan fingerprint density at radius 3 is 2.90 bits per heavy atom. The maximum atomic E-state index is 5.30. The van der Waals surface area contributed by atoms with Crippen LogP contribution in [0.2, 0.25) is 0 Å². The van der Waals surface area contributed by atoms with E-state index >= 15 is 0 Å². The Labute approximate surface area is 120 Å². The van der Waals surface area contributed by atoms with Crippen molar-refractivity contribution in [3.63, 3.8) is 0 Å². The molecular formula is C16H23N3O. The molecule has 1 heterocycles. The Bertz CT molecular complexity index is 601. The average Bonchev–Trinajstić information content (AvgIpc) is 3.24. The zero-order chi connectivity index (χ0) is 14.1. The lowest BCUT2D eigenvalue weighted by Gasteiger charge is -2.12. The van der Waals surface area contributed by atoms with E-state index in [4.69, 9.17) is 9.72 Å². The third kappa shape index (κ3) is 2.52. The number of aromatic nitrogens is 2. The number of methoxy groups -OCH3 is 1. The molecule has 20 heavy (non-hydrogen) atoms. The number of rotatable bonds is 6. The Kier molecular flexibility index (Phi) is 3.66. The third-order valence-corrected chi connectivity index (χ3v) is 4.10. The van der Waals surface area contributed by atoms with Crippen LogP contribution in [0.3, 0.4) is 0 Å². The molecule has 1 aromatic heterocycles. The minimum atomic E-state index is 0.525. The van der Waals surface area contributed by atoms with E-state index in [9.17, 15) is 0 Å². The first-order valence-corrected chi connectivity index (χ1v) is 7.51. The summed E-state index contributed by atoms with van der Waals surface area (Å²) >= 11 is 0. The van der Waals surface area contributed by atoms with E-state index in [2.05, 4.69) is 29.8 Å². The third-order valence-electron chi connectivity index (χ3n) is 4.10. The molecule has 1 unspecified atom stereocenters. The predicted molar refractivity (Wildman–Crippen MR) is 81.1 cm³/mol. The van der Waals surface area contributed by atoms with Gasteiger partial charge >= 0.3 is 0 Å². The summed E-state index contributed by atoms with van der Waals surface area (Å²) in [5.74, 6) is 2.02. The quantitative estimate of drug-likeness (QED) is 0.878. The summed E-state index contributed by atoms with van der Waals surface area (Å²) in [5, 5.41) is 3.55. The molecule has 0 spiro atoms. The number of imidazole rings is 1. The highest BCUT2D eigenvalue weighted by molar-refractivity contribution is 5.78. The highest BCUT2D eigenvalue weighted by Crippen LogP contribution is 2.39. The van der Waals surface area contributed by atoms with Crippen LogP contribution in [-0.4, -0.2) is 22.7 Å². The van der Waals surface area contributed by atoms with Gasteiger partial charge in [-0.25, -0.2) is 4.98 Å². The van der Waals surface area contributed by atoms with Crippen molar-refractivity contribution in [1.29, 1.82) is 0 Å². The van der Waals surface area contributed by atoms with Crippen molar-refractivity contribution in [2.24, 2.45) is 0 Å². The van der Waals surface area contributed by atoms with Gasteiger partial charge in [-0.15, -0.1) is 0 Å². The first kappa shape index (κ1) is 13.4. The molecule has 1 aliphatic carbocycles.